The van der Waals surface area contributed by atoms with Gasteiger partial charge in [0.1, 0.15) is 11.3 Å². The van der Waals surface area contributed by atoms with Gasteiger partial charge in [0.05, 0.1) is 6.61 Å². The van der Waals surface area contributed by atoms with Crippen molar-refractivity contribution in [3.8, 4) is 5.75 Å². The Bertz CT molecular complexity index is 717. The predicted molar refractivity (Wildman–Crippen MR) is 83.2 cm³/mol. The van der Waals surface area contributed by atoms with Gasteiger partial charge in [-0.2, -0.15) is 0 Å². The number of benzene rings is 1. The van der Waals surface area contributed by atoms with E-state index in [1.54, 1.807) is 26.0 Å². The van der Waals surface area contributed by atoms with E-state index in [4.69, 9.17) is 13.9 Å². The van der Waals surface area contributed by atoms with Crippen LogP contribution in [0.4, 0.5) is 0 Å². The molecule has 0 N–H and O–H groups in total. The highest BCUT2D eigenvalue weighted by atomic mass is 16.6. The molecule has 5 heteroatoms. The van der Waals surface area contributed by atoms with E-state index in [0.717, 1.165) is 23.8 Å². The zero-order valence-electron chi connectivity index (χ0n) is 13.0. The summed E-state index contributed by atoms with van der Waals surface area (Å²) in [5, 5.41) is 0.887. The molecular weight excluding hydrogens is 284 g/mol. The highest BCUT2D eigenvalue weighted by Crippen LogP contribution is 2.24. The molecule has 0 bridgehead atoms. The van der Waals surface area contributed by atoms with E-state index >= 15 is 0 Å². The molecule has 0 aliphatic rings. The van der Waals surface area contributed by atoms with Crippen molar-refractivity contribution < 1.29 is 18.7 Å². The molecule has 0 radical (unpaired) electrons. The quantitative estimate of drug-likeness (QED) is 0.606. The summed E-state index contributed by atoms with van der Waals surface area (Å²) >= 11 is 0. The first-order valence-corrected chi connectivity index (χ1v) is 7.45. The number of carbonyl (C=O) groups is 1. The van der Waals surface area contributed by atoms with Gasteiger partial charge >= 0.3 is 11.6 Å². The second-order valence-corrected chi connectivity index (χ2v) is 5.01. The number of fused-ring (bicyclic) bond motifs is 1. The molecule has 0 fully saturated rings. The standard InChI is InChI=1S/C17H20O5/c1-4-6-12-9-16(18)22-15-10-13(7-8-14(12)15)21-11(3)17(19)20-5-2/h7-11H,4-6H2,1-3H3/t11-/m0/s1. The second-order valence-electron chi connectivity index (χ2n) is 5.01. The zero-order chi connectivity index (χ0) is 16.1. The molecule has 22 heavy (non-hydrogen) atoms. The summed E-state index contributed by atoms with van der Waals surface area (Å²) < 4.78 is 15.7. The minimum atomic E-state index is -0.719. The smallest absolute Gasteiger partial charge is 0.347 e. The molecule has 1 aromatic heterocycles. The van der Waals surface area contributed by atoms with Crippen molar-refractivity contribution >= 4 is 16.9 Å². The Labute approximate surface area is 128 Å². The third kappa shape index (κ3) is 3.67. The molecule has 1 atom stereocenters. The third-order valence-corrected chi connectivity index (χ3v) is 3.25. The van der Waals surface area contributed by atoms with Crippen LogP contribution in [0, 0.1) is 0 Å². The van der Waals surface area contributed by atoms with Gasteiger partial charge in [0, 0.05) is 17.5 Å². The lowest BCUT2D eigenvalue weighted by molar-refractivity contribution is -0.150. The first-order valence-electron chi connectivity index (χ1n) is 7.45. The van der Waals surface area contributed by atoms with E-state index in [9.17, 15) is 9.59 Å². The molecule has 0 saturated carbocycles. The van der Waals surface area contributed by atoms with Gasteiger partial charge in [-0.05, 0) is 38.0 Å². The van der Waals surface area contributed by atoms with Crippen LogP contribution in [-0.4, -0.2) is 18.7 Å². The summed E-state index contributed by atoms with van der Waals surface area (Å²) in [6.45, 7) is 5.72. The van der Waals surface area contributed by atoms with Crippen molar-refractivity contribution in [1.82, 2.24) is 0 Å². The fraction of sp³-hybridized carbons (Fsp3) is 0.412. The Balaban J connectivity index is 2.30. The van der Waals surface area contributed by atoms with E-state index in [1.807, 2.05) is 6.07 Å². The van der Waals surface area contributed by atoms with Gasteiger partial charge in [-0.25, -0.2) is 9.59 Å². The Kier molecular flexibility index (Phi) is 5.20. The maximum Gasteiger partial charge on any atom is 0.347 e. The molecule has 5 nitrogen and oxygen atoms in total. The first-order chi connectivity index (χ1) is 10.5. The van der Waals surface area contributed by atoms with Crippen molar-refractivity contribution in [2.45, 2.75) is 39.7 Å². The monoisotopic (exact) mass is 304 g/mol. The van der Waals surface area contributed by atoms with Crippen molar-refractivity contribution in [3.05, 3.63) is 40.2 Å². The average molecular weight is 304 g/mol. The van der Waals surface area contributed by atoms with Crippen molar-refractivity contribution in [2.24, 2.45) is 0 Å². The van der Waals surface area contributed by atoms with Crippen LogP contribution in [0.2, 0.25) is 0 Å². The zero-order valence-corrected chi connectivity index (χ0v) is 13.0. The molecule has 0 spiro atoms. The van der Waals surface area contributed by atoms with E-state index in [0.29, 0.717) is 17.9 Å². The van der Waals surface area contributed by atoms with Gasteiger partial charge < -0.3 is 13.9 Å². The first kappa shape index (κ1) is 16.1. The van der Waals surface area contributed by atoms with Crippen LogP contribution in [0.5, 0.6) is 5.75 Å². The lowest BCUT2D eigenvalue weighted by Gasteiger charge is -2.14. The number of hydrogen-bond donors (Lipinski definition) is 0. The van der Waals surface area contributed by atoms with Crippen LogP contribution in [-0.2, 0) is 16.0 Å². The Morgan fingerprint density at radius 1 is 1.27 bits per heavy atom. The normalized spacial score (nSPS) is 12.1. The molecule has 0 amide bonds. The third-order valence-electron chi connectivity index (χ3n) is 3.25. The maximum absolute atomic E-state index is 11.6. The molecule has 0 aliphatic carbocycles. The fourth-order valence-corrected chi connectivity index (χ4v) is 2.27. The molecule has 118 valence electrons. The van der Waals surface area contributed by atoms with Crippen molar-refractivity contribution in [3.63, 3.8) is 0 Å². The van der Waals surface area contributed by atoms with Gasteiger partial charge in [0.15, 0.2) is 6.10 Å². The van der Waals surface area contributed by atoms with Gasteiger partial charge in [0.2, 0.25) is 0 Å². The van der Waals surface area contributed by atoms with Crippen LogP contribution in [0.1, 0.15) is 32.8 Å². The molecule has 2 rings (SSSR count). The average Bonchev–Trinajstić information content (AvgIpc) is 2.47. The van der Waals surface area contributed by atoms with Crippen LogP contribution < -0.4 is 10.4 Å². The number of esters is 1. The SMILES string of the molecule is CCCc1cc(=O)oc2cc(O[C@@H](C)C(=O)OCC)ccc12. The maximum atomic E-state index is 11.6. The summed E-state index contributed by atoms with van der Waals surface area (Å²) in [6.07, 6.45) is 1.03. The predicted octanol–water partition coefficient (Wildman–Crippen LogP) is 3.08. The molecule has 0 aliphatic heterocycles. The topological polar surface area (TPSA) is 65.7 Å². The number of rotatable bonds is 6. The van der Waals surface area contributed by atoms with Crippen molar-refractivity contribution in [2.75, 3.05) is 6.61 Å². The van der Waals surface area contributed by atoms with E-state index < -0.39 is 12.1 Å². The summed E-state index contributed by atoms with van der Waals surface area (Å²) in [6, 6.07) is 6.76. The minimum Gasteiger partial charge on any atom is -0.479 e. The van der Waals surface area contributed by atoms with Crippen LogP contribution in [0.15, 0.2) is 33.5 Å². The molecule has 1 aromatic carbocycles. The van der Waals surface area contributed by atoms with E-state index in [2.05, 4.69) is 6.92 Å². The molecule has 0 unspecified atom stereocenters. The summed E-state index contributed by atoms with van der Waals surface area (Å²) in [5.74, 6) is 0.0358. The summed E-state index contributed by atoms with van der Waals surface area (Å²) in [7, 11) is 0. The Morgan fingerprint density at radius 3 is 2.73 bits per heavy atom. The minimum absolute atomic E-state index is 0.305. The highest BCUT2D eigenvalue weighted by molar-refractivity contribution is 5.82. The summed E-state index contributed by atoms with van der Waals surface area (Å²) in [4.78, 5) is 23.2. The molecular formula is C17H20O5. The van der Waals surface area contributed by atoms with Gasteiger partial charge in [0.25, 0.3) is 0 Å². The van der Waals surface area contributed by atoms with Crippen molar-refractivity contribution in [1.29, 1.82) is 0 Å². The summed E-state index contributed by atoms with van der Waals surface area (Å²) in [5.41, 5.74) is 1.04. The highest BCUT2D eigenvalue weighted by Gasteiger charge is 2.16. The Hall–Kier alpha value is -2.30. The second kappa shape index (κ2) is 7.11. The number of aryl methyl sites for hydroxylation is 1. The lowest BCUT2D eigenvalue weighted by atomic mass is 10.1. The molecule has 0 saturated heterocycles. The Morgan fingerprint density at radius 2 is 2.05 bits per heavy atom. The number of carbonyl (C=O) groups excluding carboxylic acids is 1. The lowest BCUT2D eigenvalue weighted by Crippen LogP contribution is -2.26. The van der Waals surface area contributed by atoms with Gasteiger partial charge in [-0.15, -0.1) is 0 Å². The van der Waals surface area contributed by atoms with Gasteiger partial charge in [-0.1, -0.05) is 13.3 Å². The van der Waals surface area contributed by atoms with E-state index in [-0.39, 0.29) is 5.63 Å². The molecule has 2 aromatic rings. The number of hydrogen-bond acceptors (Lipinski definition) is 5. The van der Waals surface area contributed by atoms with Crippen LogP contribution in [0.3, 0.4) is 0 Å². The van der Waals surface area contributed by atoms with Crippen LogP contribution >= 0.6 is 0 Å². The van der Waals surface area contributed by atoms with Crippen LogP contribution in [0.25, 0.3) is 11.0 Å². The fourth-order valence-electron chi connectivity index (χ4n) is 2.27. The largest absolute Gasteiger partial charge is 0.479 e. The van der Waals surface area contributed by atoms with Gasteiger partial charge in [-0.3, -0.25) is 0 Å². The molecule has 1 heterocycles. The van der Waals surface area contributed by atoms with E-state index in [1.165, 1.54) is 6.07 Å². The number of ether oxygens (including phenoxy) is 2.